The fourth-order valence-electron chi connectivity index (χ4n) is 1.44. The molecule has 0 saturated heterocycles. The molecule has 1 aromatic heterocycles. The lowest BCUT2D eigenvalue weighted by Gasteiger charge is -1.90. The maximum atomic E-state index is 8.93. The minimum Gasteiger partial charge on any atom is -0.509 e. The highest BCUT2D eigenvalue weighted by molar-refractivity contribution is 9.10. The van der Waals surface area contributed by atoms with E-state index < -0.39 is 0 Å². The van der Waals surface area contributed by atoms with Crippen LogP contribution in [0.1, 0.15) is 12.8 Å². The van der Waals surface area contributed by atoms with Crippen LogP contribution in [0.2, 0.25) is 0 Å². The minimum atomic E-state index is 0.0144. The molecule has 0 bridgehead atoms. The largest absolute Gasteiger partial charge is 0.509 e. The quantitative estimate of drug-likeness (QED) is 0.664. The van der Waals surface area contributed by atoms with Gasteiger partial charge in [-0.1, -0.05) is 34.7 Å². The van der Waals surface area contributed by atoms with Crippen molar-refractivity contribution in [3.63, 3.8) is 0 Å². The standard InChI is InChI=1S/C14H12BrNO2/c1-9(4-3-5-10(2)17)14-16-12-7-6-11(15)8-13(12)18-14/h3-8,17H,2H2,1H3/b5-3-,9-4+. The highest BCUT2D eigenvalue weighted by Crippen LogP contribution is 2.23. The topological polar surface area (TPSA) is 46.3 Å². The lowest BCUT2D eigenvalue weighted by Crippen LogP contribution is -1.77. The van der Waals surface area contributed by atoms with E-state index in [1.54, 1.807) is 12.2 Å². The number of benzene rings is 1. The molecule has 2 rings (SSSR count). The van der Waals surface area contributed by atoms with E-state index in [1.165, 1.54) is 6.08 Å². The van der Waals surface area contributed by atoms with E-state index in [0.29, 0.717) is 5.89 Å². The van der Waals surface area contributed by atoms with Gasteiger partial charge in [0.2, 0.25) is 5.89 Å². The number of allylic oxidation sites excluding steroid dienone is 4. The molecule has 1 aromatic carbocycles. The Bertz CT molecular complexity index is 653. The van der Waals surface area contributed by atoms with Crippen LogP contribution in [0.4, 0.5) is 0 Å². The molecule has 0 spiro atoms. The Kier molecular flexibility index (Phi) is 3.67. The molecule has 0 aliphatic rings. The van der Waals surface area contributed by atoms with E-state index in [0.717, 1.165) is 21.1 Å². The molecule has 2 aromatic rings. The summed E-state index contributed by atoms with van der Waals surface area (Å²) in [5, 5.41) is 8.93. The molecular formula is C14H12BrNO2. The first-order valence-corrected chi connectivity index (χ1v) is 6.15. The van der Waals surface area contributed by atoms with Crippen LogP contribution < -0.4 is 0 Å². The van der Waals surface area contributed by atoms with Crippen molar-refractivity contribution in [1.29, 1.82) is 0 Å². The third-order valence-electron chi connectivity index (χ3n) is 2.32. The summed E-state index contributed by atoms with van der Waals surface area (Å²) in [6.45, 7) is 5.26. The number of fused-ring (bicyclic) bond motifs is 1. The monoisotopic (exact) mass is 305 g/mol. The average Bonchev–Trinajstić information content (AvgIpc) is 2.71. The van der Waals surface area contributed by atoms with Gasteiger partial charge in [0.15, 0.2) is 5.58 Å². The summed E-state index contributed by atoms with van der Waals surface area (Å²) in [7, 11) is 0. The molecule has 0 amide bonds. The number of hydrogen-bond donors (Lipinski definition) is 1. The first-order chi connectivity index (χ1) is 8.56. The van der Waals surface area contributed by atoms with Gasteiger partial charge in [0, 0.05) is 10.0 Å². The van der Waals surface area contributed by atoms with Crippen LogP contribution in [0.15, 0.2) is 57.7 Å². The van der Waals surface area contributed by atoms with Gasteiger partial charge in [0.25, 0.3) is 0 Å². The van der Waals surface area contributed by atoms with Crippen molar-refractivity contribution in [2.45, 2.75) is 6.92 Å². The van der Waals surface area contributed by atoms with E-state index in [-0.39, 0.29) is 5.76 Å². The maximum Gasteiger partial charge on any atom is 0.222 e. The smallest absolute Gasteiger partial charge is 0.222 e. The van der Waals surface area contributed by atoms with Gasteiger partial charge in [-0.2, -0.15) is 0 Å². The number of aliphatic hydroxyl groups is 1. The summed E-state index contributed by atoms with van der Waals surface area (Å²) in [4.78, 5) is 4.38. The van der Waals surface area contributed by atoms with Gasteiger partial charge in [-0.25, -0.2) is 4.98 Å². The fourth-order valence-corrected chi connectivity index (χ4v) is 1.78. The zero-order chi connectivity index (χ0) is 13.1. The minimum absolute atomic E-state index is 0.0144. The summed E-state index contributed by atoms with van der Waals surface area (Å²) in [6.07, 6.45) is 5.01. The Labute approximate surface area is 113 Å². The van der Waals surface area contributed by atoms with E-state index in [4.69, 9.17) is 9.52 Å². The number of rotatable bonds is 3. The van der Waals surface area contributed by atoms with Crippen LogP contribution >= 0.6 is 15.9 Å². The molecule has 1 N–H and O–H groups in total. The van der Waals surface area contributed by atoms with E-state index >= 15 is 0 Å². The third kappa shape index (κ3) is 2.90. The zero-order valence-corrected chi connectivity index (χ0v) is 11.4. The van der Waals surface area contributed by atoms with Crippen molar-refractivity contribution in [2.75, 3.05) is 0 Å². The lowest BCUT2D eigenvalue weighted by atomic mass is 10.2. The number of aromatic nitrogens is 1. The summed E-state index contributed by atoms with van der Waals surface area (Å²) >= 11 is 3.39. The number of halogens is 1. The summed E-state index contributed by atoms with van der Waals surface area (Å²) in [5.41, 5.74) is 2.43. The molecule has 1 heterocycles. The number of hydrogen-bond acceptors (Lipinski definition) is 3. The van der Waals surface area contributed by atoms with Crippen LogP contribution in [0.25, 0.3) is 16.7 Å². The van der Waals surface area contributed by atoms with Crippen molar-refractivity contribution < 1.29 is 9.52 Å². The van der Waals surface area contributed by atoms with Gasteiger partial charge in [-0.3, -0.25) is 0 Å². The van der Waals surface area contributed by atoms with E-state index in [9.17, 15) is 0 Å². The molecule has 4 heteroatoms. The summed E-state index contributed by atoms with van der Waals surface area (Å²) in [6, 6.07) is 5.69. The van der Waals surface area contributed by atoms with Gasteiger partial charge in [0.1, 0.15) is 11.3 Å². The van der Waals surface area contributed by atoms with Crippen molar-refractivity contribution in [2.24, 2.45) is 0 Å². The van der Waals surface area contributed by atoms with Crippen molar-refractivity contribution in [3.05, 3.63) is 59.1 Å². The Morgan fingerprint density at radius 1 is 1.50 bits per heavy atom. The van der Waals surface area contributed by atoms with E-state index in [2.05, 4.69) is 27.5 Å². The normalized spacial score (nSPS) is 12.4. The van der Waals surface area contributed by atoms with Gasteiger partial charge < -0.3 is 9.52 Å². The first kappa shape index (κ1) is 12.6. The summed E-state index contributed by atoms with van der Waals surface area (Å²) in [5.74, 6) is 0.580. The fraction of sp³-hybridized carbons (Fsp3) is 0.0714. The number of oxazole rings is 1. The van der Waals surface area contributed by atoms with Gasteiger partial charge in [-0.05, 0) is 31.2 Å². The second-order valence-corrected chi connectivity index (χ2v) is 4.75. The average molecular weight is 306 g/mol. The molecule has 92 valence electrons. The molecule has 0 radical (unpaired) electrons. The Balaban J connectivity index is 2.33. The molecule has 3 nitrogen and oxygen atoms in total. The Hall–Kier alpha value is -1.81. The Morgan fingerprint density at radius 3 is 3.00 bits per heavy atom. The second-order valence-electron chi connectivity index (χ2n) is 3.83. The summed E-state index contributed by atoms with van der Waals surface area (Å²) < 4.78 is 6.59. The molecule has 18 heavy (non-hydrogen) atoms. The molecule has 0 aliphatic carbocycles. The number of nitrogens with zero attached hydrogens (tertiary/aromatic N) is 1. The lowest BCUT2D eigenvalue weighted by molar-refractivity contribution is 0.435. The van der Waals surface area contributed by atoms with Crippen LogP contribution in [0.5, 0.6) is 0 Å². The van der Waals surface area contributed by atoms with Crippen LogP contribution in [-0.2, 0) is 0 Å². The van der Waals surface area contributed by atoms with Crippen LogP contribution in [-0.4, -0.2) is 10.1 Å². The number of aliphatic hydroxyl groups excluding tert-OH is 1. The highest BCUT2D eigenvalue weighted by atomic mass is 79.9. The molecular weight excluding hydrogens is 294 g/mol. The van der Waals surface area contributed by atoms with Gasteiger partial charge >= 0.3 is 0 Å². The van der Waals surface area contributed by atoms with E-state index in [1.807, 2.05) is 25.1 Å². The van der Waals surface area contributed by atoms with Gasteiger partial charge in [0.05, 0.1) is 0 Å². The zero-order valence-electron chi connectivity index (χ0n) is 9.85. The maximum absolute atomic E-state index is 8.93. The van der Waals surface area contributed by atoms with Gasteiger partial charge in [-0.15, -0.1) is 0 Å². The third-order valence-corrected chi connectivity index (χ3v) is 2.82. The molecule has 0 atom stereocenters. The molecule has 0 unspecified atom stereocenters. The molecule has 0 aliphatic heterocycles. The SMILES string of the molecule is C=C(O)/C=C\C=C(/C)c1nc2ccc(Br)cc2o1. The molecule has 0 saturated carbocycles. The molecule has 0 fully saturated rings. The predicted molar refractivity (Wildman–Crippen MR) is 76.3 cm³/mol. The van der Waals surface area contributed by atoms with Crippen LogP contribution in [0, 0.1) is 0 Å². The van der Waals surface area contributed by atoms with Crippen LogP contribution in [0.3, 0.4) is 0 Å². The second kappa shape index (κ2) is 5.23. The highest BCUT2D eigenvalue weighted by Gasteiger charge is 2.06. The van der Waals surface area contributed by atoms with Crippen molar-refractivity contribution in [1.82, 2.24) is 4.98 Å². The Morgan fingerprint density at radius 2 is 2.28 bits per heavy atom. The first-order valence-electron chi connectivity index (χ1n) is 5.35. The van der Waals surface area contributed by atoms with Crippen molar-refractivity contribution >= 4 is 32.6 Å². The van der Waals surface area contributed by atoms with Crippen molar-refractivity contribution in [3.8, 4) is 0 Å². The predicted octanol–water partition coefficient (Wildman–Crippen LogP) is 4.62.